The second-order valence-corrected chi connectivity index (χ2v) is 9.85. The lowest BCUT2D eigenvalue weighted by Crippen LogP contribution is -2.37. The standard InChI is InChI=1S/C10H22O3SSi/c1-15(13,9-5-8-14(11)12)10-6-3-2-4-7-10/h10,13H,2-9H2,1H3,(H,11,12)/p-1. The van der Waals surface area contributed by atoms with Crippen LogP contribution in [-0.4, -0.2) is 27.6 Å². The summed E-state index contributed by atoms with van der Waals surface area (Å²) in [6, 6.07) is 0.742. The SMILES string of the molecule is C[Si](O)(CCCS(=O)[O-])C1CCCCC1. The molecule has 0 aromatic carbocycles. The highest BCUT2D eigenvalue weighted by molar-refractivity contribution is 7.79. The minimum atomic E-state index is -2.14. The van der Waals surface area contributed by atoms with Gasteiger partial charge in [0.25, 0.3) is 0 Å². The van der Waals surface area contributed by atoms with Crippen molar-refractivity contribution in [1.82, 2.24) is 0 Å². The van der Waals surface area contributed by atoms with Gasteiger partial charge < -0.3 is 9.35 Å². The smallest absolute Gasteiger partial charge is 0.188 e. The van der Waals surface area contributed by atoms with Crippen LogP contribution in [-0.2, 0) is 11.1 Å². The quantitative estimate of drug-likeness (QED) is 0.600. The molecule has 1 aliphatic rings. The molecule has 15 heavy (non-hydrogen) atoms. The van der Waals surface area contributed by atoms with Crippen LogP contribution in [0.15, 0.2) is 0 Å². The van der Waals surface area contributed by atoms with Crippen LogP contribution in [0, 0.1) is 0 Å². The summed E-state index contributed by atoms with van der Waals surface area (Å²) in [5, 5.41) is 0. The van der Waals surface area contributed by atoms with E-state index in [9.17, 15) is 13.6 Å². The van der Waals surface area contributed by atoms with E-state index in [-0.39, 0.29) is 5.75 Å². The molecule has 2 unspecified atom stereocenters. The van der Waals surface area contributed by atoms with Crippen molar-refractivity contribution in [1.29, 1.82) is 0 Å². The lowest BCUT2D eigenvalue weighted by atomic mass is 10.0. The van der Waals surface area contributed by atoms with Crippen molar-refractivity contribution in [3.63, 3.8) is 0 Å². The molecule has 0 aromatic heterocycles. The zero-order valence-electron chi connectivity index (χ0n) is 9.41. The van der Waals surface area contributed by atoms with Gasteiger partial charge in [-0.1, -0.05) is 43.2 Å². The maximum Gasteiger partial charge on any atom is 0.188 e. The van der Waals surface area contributed by atoms with E-state index < -0.39 is 19.4 Å². The molecule has 0 amide bonds. The van der Waals surface area contributed by atoms with Crippen molar-refractivity contribution in [2.24, 2.45) is 0 Å². The van der Waals surface area contributed by atoms with Crippen LogP contribution in [0.4, 0.5) is 0 Å². The van der Waals surface area contributed by atoms with E-state index >= 15 is 0 Å². The van der Waals surface area contributed by atoms with Gasteiger partial charge >= 0.3 is 0 Å². The summed E-state index contributed by atoms with van der Waals surface area (Å²) < 4.78 is 20.8. The summed E-state index contributed by atoms with van der Waals surface area (Å²) in [4.78, 5) is 10.4. The maximum absolute atomic E-state index is 10.4. The third-order valence-electron chi connectivity index (χ3n) is 3.48. The highest BCUT2D eigenvalue weighted by atomic mass is 32.2. The highest BCUT2D eigenvalue weighted by Gasteiger charge is 2.35. The Morgan fingerprint density at radius 3 is 2.53 bits per heavy atom. The molecule has 0 aromatic rings. The third kappa shape index (κ3) is 4.76. The van der Waals surface area contributed by atoms with Crippen LogP contribution in [0.25, 0.3) is 0 Å². The Balaban J connectivity index is 2.32. The van der Waals surface area contributed by atoms with Gasteiger partial charge in [-0.05, 0) is 24.6 Å². The van der Waals surface area contributed by atoms with Crippen molar-refractivity contribution < 1.29 is 13.6 Å². The first-order valence-corrected chi connectivity index (χ1v) is 9.78. The predicted octanol–water partition coefficient (Wildman–Crippen LogP) is 2.16. The monoisotopic (exact) mass is 249 g/mol. The Morgan fingerprint density at radius 2 is 2.00 bits per heavy atom. The van der Waals surface area contributed by atoms with Gasteiger partial charge in [0.05, 0.1) is 0 Å². The molecule has 1 rings (SSSR count). The van der Waals surface area contributed by atoms with Crippen molar-refractivity contribution in [3.05, 3.63) is 0 Å². The molecule has 1 fully saturated rings. The average Bonchev–Trinajstić information content (AvgIpc) is 2.18. The lowest BCUT2D eigenvalue weighted by molar-refractivity contribution is 0.428. The molecular formula is C10H21O3SSi-. The first-order chi connectivity index (χ1) is 7.02. The van der Waals surface area contributed by atoms with Gasteiger partial charge in [0.1, 0.15) is 0 Å². The van der Waals surface area contributed by atoms with Gasteiger partial charge in [0.15, 0.2) is 8.32 Å². The Morgan fingerprint density at radius 1 is 1.40 bits per heavy atom. The first-order valence-electron chi connectivity index (χ1n) is 5.80. The van der Waals surface area contributed by atoms with Crippen LogP contribution < -0.4 is 0 Å². The number of rotatable bonds is 5. The van der Waals surface area contributed by atoms with Crippen LogP contribution >= 0.6 is 0 Å². The molecule has 5 heteroatoms. The maximum atomic E-state index is 10.4. The Hall–Kier alpha value is 0.287. The van der Waals surface area contributed by atoms with Crippen LogP contribution in [0.1, 0.15) is 38.5 Å². The topological polar surface area (TPSA) is 60.4 Å². The lowest BCUT2D eigenvalue weighted by Gasteiger charge is -2.33. The van der Waals surface area contributed by atoms with Crippen LogP contribution in [0.3, 0.4) is 0 Å². The first kappa shape index (κ1) is 13.4. The molecule has 1 N–H and O–H groups in total. The zero-order valence-corrected chi connectivity index (χ0v) is 11.2. The minimum absolute atomic E-state index is 0.204. The summed E-state index contributed by atoms with van der Waals surface area (Å²) in [6.45, 7) is 2.00. The Kier molecular flexibility index (Phi) is 5.46. The van der Waals surface area contributed by atoms with E-state index in [1.807, 2.05) is 6.55 Å². The fraction of sp³-hybridized carbons (Fsp3) is 1.00. The van der Waals surface area contributed by atoms with Gasteiger partial charge in [-0.2, -0.15) is 0 Å². The molecule has 0 bridgehead atoms. The fourth-order valence-electron chi connectivity index (χ4n) is 2.48. The fourth-order valence-corrected chi connectivity index (χ4v) is 6.07. The molecule has 0 aliphatic heterocycles. The zero-order chi connectivity index (χ0) is 11.3. The molecule has 1 aliphatic carbocycles. The summed E-state index contributed by atoms with van der Waals surface area (Å²) >= 11 is -1.94. The normalized spacial score (nSPS) is 24.7. The predicted molar refractivity (Wildman–Crippen MR) is 63.9 cm³/mol. The van der Waals surface area contributed by atoms with E-state index in [2.05, 4.69) is 0 Å². The van der Waals surface area contributed by atoms with Crippen molar-refractivity contribution >= 4 is 19.4 Å². The second-order valence-electron chi connectivity index (χ2n) is 4.80. The molecule has 1 saturated carbocycles. The molecule has 0 spiro atoms. The minimum Gasteiger partial charge on any atom is -0.772 e. The largest absolute Gasteiger partial charge is 0.772 e. The summed E-state index contributed by atoms with van der Waals surface area (Å²) in [5.74, 6) is 0.204. The molecule has 0 saturated heterocycles. The van der Waals surface area contributed by atoms with E-state index in [1.54, 1.807) is 0 Å². The van der Waals surface area contributed by atoms with Crippen LogP contribution in [0.5, 0.6) is 0 Å². The molecule has 0 radical (unpaired) electrons. The highest BCUT2D eigenvalue weighted by Crippen LogP contribution is 2.37. The molecule has 3 nitrogen and oxygen atoms in total. The van der Waals surface area contributed by atoms with Gasteiger partial charge in [-0.3, -0.25) is 4.21 Å². The molecule has 90 valence electrons. The average molecular weight is 249 g/mol. The van der Waals surface area contributed by atoms with Gasteiger partial charge in [-0.15, -0.1) is 0 Å². The van der Waals surface area contributed by atoms with Crippen molar-refractivity contribution in [2.45, 2.75) is 56.7 Å². The van der Waals surface area contributed by atoms with Crippen molar-refractivity contribution in [3.8, 4) is 0 Å². The number of hydrogen-bond donors (Lipinski definition) is 1. The van der Waals surface area contributed by atoms with Crippen LogP contribution in [0.2, 0.25) is 18.1 Å². The van der Waals surface area contributed by atoms with Gasteiger partial charge in [0.2, 0.25) is 0 Å². The summed E-state index contributed by atoms with van der Waals surface area (Å²) in [7, 11) is -2.14. The molecule has 2 atom stereocenters. The molecule has 0 heterocycles. The van der Waals surface area contributed by atoms with E-state index in [0.717, 1.165) is 18.9 Å². The van der Waals surface area contributed by atoms with Crippen molar-refractivity contribution in [2.75, 3.05) is 5.75 Å². The van der Waals surface area contributed by atoms with E-state index in [0.29, 0.717) is 12.0 Å². The Labute approximate surface area is 95.7 Å². The van der Waals surface area contributed by atoms with Gasteiger partial charge in [-0.25, -0.2) is 0 Å². The van der Waals surface area contributed by atoms with Gasteiger partial charge in [0, 0.05) is 5.75 Å². The second kappa shape index (κ2) is 6.13. The van der Waals surface area contributed by atoms with E-state index in [1.165, 1.54) is 19.3 Å². The molecular weight excluding hydrogens is 228 g/mol. The Bertz CT molecular complexity index is 215. The van der Waals surface area contributed by atoms with E-state index in [4.69, 9.17) is 0 Å². The third-order valence-corrected chi connectivity index (χ3v) is 7.80. The summed E-state index contributed by atoms with van der Waals surface area (Å²) in [6.07, 6.45) is 6.71. The summed E-state index contributed by atoms with van der Waals surface area (Å²) in [5.41, 5.74) is 0.506. The number of hydrogen-bond acceptors (Lipinski definition) is 3.